The Labute approximate surface area is 129 Å². The van der Waals surface area contributed by atoms with Crippen molar-refractivity contribution >= 4 is 15.9 Å². The molecule has 0 radical (unpaired) electrons. The number of nitrogens with one attached hydrogen (secondary N) is 1. The summed E-state index contributed by atoms with van der Waals surface area (Å²) < 4.78 is 6.39. The summed E-state index contributed by atoms with van der Waals surface area (Å²) in [4.78, 5) is 0. The zero-order chi connectivity index (χ0) is 14.4. The Kier molecular flexibility index (Phi) is 5.77. The van der Waals surface area contributed by atoms with Crippen molar-refractivity contribution in [3.63, 3.8) is 0 Å². The molecule has 0 fully saturated rings. The maximum absolute atomic E-state index is 5.24. The second-order valence-corrected chi connectivity index (χ2v) is 5.68. The third-order valence-electron chi connectivity index (χ3n) is 3.39. The van der Waals surface area contributed by atoms with E-state index in [2.05, 4.69) is 70.6 Å². The average Bonchev–Trinajstić information content (AvgIpc) is 2.47. The highest BCUT2D eigenvalue weighted by molar-refractivity contribution is 9.10. The van der Waals surface area contributed by atoms with Crippen LogP contribution in [-0.2, 0) is 17.9 Å². The van der Waals surface area contributed by atoms with E-state index in [4.69, 9.17) is 4.74 Å². The van der Waals surface area contributed by atoms with Gasteiger partial charge in [-0.1, -0.05) is 58.4 Å². The molecule has 3 heteroatoms. The summed E-state index contributed by atoms with van der Waals surface area (Å²) in [5.41, 5.74) is 3.80. The fraction of sp³-hybridized carbons (Fsp3) is 0.294. The van der Waals surface area contributed by atoms with Crippen molar-refractivity contribution in [2.75, 3.05) is 7.11 Å². The first-order valence-corrected chi connectivity index (χ1v) is 7.55. The average molecular weight is 334 g/mol. The van der Waals surface area contributed by atoms with Crippen molar-refractivity contribution in [3.05, 3.63) is 69.7 Å². The topological polar surface area (TPSA) is 21.3 Å². The molecule has 20 heavy (non-hydrogen) atoms. The molecule has 0 aromatic heterocycles. The first-order valence-electron chi connectivity index (χ1n) is 6.76. The van der Waals surface area contributed by atoms with Crippen molar-refractivity contribution in [2.24, 2.45) is 0 Å². The van der Waals surface area contributed by atoms with Crippen molar-refractivity contribution in [2.45, 2.75) is 26.1 Å². The highest BCUT2D eigenvalue weighted by Crippen LogP contribution is 2.23. The van der Waals surface area contributed by atoms with Gasteiger partial charge in [-0.25, -0.2) is 0 Å². The Balaban J connectivity index is 2.04. The van der Waals surface area contributed by atoms with Crippen LogP contribution in [0.25, 0.3) is 0 Å². The zero-order valence-electron chi connectivity index (χ0n) is 11.9. The van der Waals surface area contributed by atoms with Crippen LogP contribution in [0.2, 0.25) is 0 Å². The van der Waals surface area contributed by atoms with E-state index in [-0.39, 0.29) is 0 Å². The summed E-state index contributed by atoms with van der Waals surface area (Å²) in [5, 5.41) is 3.57. The minimum absolute atomic E-state index is 0.293. The van der Waals surface area contributed by atoms with Crippen LogP contribution in [0, 0.1) is 0 Å². The lowest BCUT2D eigenvalue weighted by Crippen LogP contribution is -2.19. The molecular formula is C17H20BrNO. The third-order valence-corrected chi connectivity index (χ3v) is 4.11. The Hall–Kier alpha value is -1.16. The molecule has 0 bridgehead atoms. The highest BCUT2D eigenvalue weighted by atomic mass is 79.9. The first kappa shape index (κ1) is 15.2. The van der Waals surface area contributed by atoms with Gasteiger partial charge in [-0.2, -0.15) is 0 Å². The van der Waals surface area contributed by atoms with Crippen LogP contribution in [0.1, 0.15) is 29.7 Å². The Morgan fingerprint density at radius 2 is 1.70 bits per heavy atom. The third kappa shape index (κ3) is 3.92. The number of benzene rings is 2. The monoisotopic (exact) mass is 333 g/mol. The molecular weight excluding hydrogens is 314 g/mol. The molecule has 0 aliphatic heterocycles. The first-order chi connectivity index (χ1) is 9.72. The fourth-order valence-electron chi connectivity index (χ4n) is 2.23. The van der Waals surface area contributed by atoms with Gasteiger partial charge in [-0.15, -0.1) is 0 Å². The molecule has 0 amide bonds. The largest absolute Gasteiger partial charge is 0.380 e. The predicted octanol–water partition coefficient (Wildman–Crippen LogP) is 4.45. The van der Waals surface area contributed by atoms with Gasteiger partial charge >= 0.3 is 0 Å². The smallest absolute Gasteiger partial charge is 0.0716 e. The number of hydrogen-bond donors (Lipinski definition) is 1. The summed E-state index contributed by atoms with van der Waals surface area (Å²) in [5.74, 6) is 0. The molecule has 0 unspecified atom stereocenters. The van der Waals surface area contributed by atoms with E-state index in [1.54, 1.807) is 7.11 Å². The normalized spacial score (nSPS) is 12.3. The van der Waals surface area contributed by atoms with E-state index >= 15 is 0 Å². The van der Waals surface area contributed by atoms with E-state index in [1.807, 2.05) is 6.07 Å². The minimum atomic E-state index is 0.293. The summed E-state index contributed by atoms with van der Waals surface area (Å²) in [6, 6.07) is 17.0. The van der Waals surface area contributed by atoms with Gasteiger partial charge in [-0.05, 0) is 29.7 Å². The number of methoxy groups -OCH3 is 1. The zero-order valence-corrected chi connectivity index (χ0v) is 13.5. The second-order valence-electron chi connectivity index (χ2n) is 4.83. The number of hydrogen-bond acceptors (Lipinski definition) is 2. The summed E-state index contributed by atoms with van der Waals surface area (Å²) in [7, 11) is 1.73. The fourth-order valence-corrected chi connectivity index (χ4v) is 2.85. The minimum Gasteiger partial charge on any atom is -0.380 e. The van der Waals surface area contributed by atoms with Crippen LogP contribution >= 0.6 is 15.9 Å². The van der Waals surface area contributed by atoms with E-state index in [0.29, 0.717) is 12.6 Å². The molecule has 2 aromatic rings. The molecule has 0 heterocycles. The number of rotatable bonds is 6. The maximum Gasteiger partial charge on any atom is 0.0716 e. The Morgan fingerprint density at radius 3 is 2.40 bits per heavy atom. The van der Waals surface area contributed by atoms with Crippen LogP contribution in [0.15, 0.2) is 53.0 Å². The molecule has 2 nitrogen and oxygen atoms in total. The van der Waals surface area contributed by atoms with Crippen LogP contribution in [0.4, 0.5) is 0 Å². The Bertz CT molecular complexity index is 556. The molecule has 0 aliphatic rings. The van der Waals surface area contributed by atoms with Gasteiger partial charge in [0, 0.05) is 24.2 Å². The molecule has 0 aliphatic carbocycles. The van der Waals surface area contributed by atoms with Gasteiger partial charge in [0.15, 0.2) is 0 Å². The molecule has 2 aromatic carbocycles. The van der Waals surface area contributed by atoms with E-state index < -0.39 is 0 Å². The molecule has 2 rings (SSSR count). The summed E-state index contributed by atoms with van der Waals surface area (Å²) in [6.45, 7) is 3.67. The number of halogens is 1. The number of ether oxygens (including phenoxy) is 1. The molecule has 0 saturated carbocycles. The lowest BCUT2D eigenvalue weighted by Gasteiger charge is -2.17. The van der Waals surface area contributed by atoms with Crippen molar-refractivity contribution in [3.8, 4) is 0 Å². The van der Waals surface area contributed by atoms with E-state index in [9.17, 15) is 0 Å². The predicted molar refractivity (Wildman–Crippen MR) is 86.6 cm³/mol. The highest BCUT2D eigenvalue weighted by Gasteiger charge is 2.09. The molecule has 0 saturated heterocycles. The Morgan fingerprint density at radius 1 is 1.05 bits per heavy atom. The molecule has 1 N–H and O–H groups in total. The van der Waals surface area contributed by atoms with Crippen molar-refractivity contribution < 1.29 is 4.74 Å². The van der Waals surface area contributed by atoms with Crippen LogP contribution in [-0.4, -0.2) is 7.11 Å². The van der Waals surface area contributed by atoms with Crippen LogP contribution < -0.4 is 5.32 Å². The van der Waals surface area contributed by atoms with Crippen molar-refractivity contribution in [1.29, 1.82) is 0 Å². The van der Waals surface area contributed by atoms with E-state index in [0.717, 1.165) is 11.0 Å². The maximum atomic E-state index is 5.24. The van der Waals surface area contributed by atoms with Gasteiger partial charge in [0.05, 0.1) is 6.61 Å². The van der Waals surface area contributed by atoms with Gasteiger partial charge in [0.2, 0.25) is 0 Å². The van der Waals surface area contributed by atoms with Gasteiger partial charge < -0.3 is 10.1 Å². The molecule has 0 spiro atoms. The van der Waals surface area contributed by atoms with E-state index in [1.165, 1.54) is 16.7 Å². The van der Waals surface area contributed by atoms with Gasteiger partial charge in [-0.3, -0.25) is 0 Å². The lowest BCUT2D eigenvalue weighted by molar-refractivity contribution is 0.184. The summed E-state index contributed by atoms with van der Waals surface area (Å²) in [6.07, 6.45) is 0. The van der Waals surface area contributed by atoms with Gasteiger partial charge in [0.1, 0.15) is 0 Å². The van der Waals surface area contributed by atoms with Crippen LogP contribution in [0.3, 0.4) is 0 Å². The quantitative estimate of drug-likeness (QED) is 0.843. The molecule has 106 valence electrons. The molecule has 1 atom stereocenters. The van der Waals surface area contributed by atoms with Gasteiger partial charge in [0.25, 0.3) is 0 Å². The summed E-state index contributed by atoms with van der Waals surface area (Å²) >= 11 is 3.60. The van der Waals surface area contributed by atoms with Crippen LogP contribution in [0.5, 0.6) is 0 Å². The lowest BCUT2D eigenvalue weighted by atomic mass is 10.1. The SMILES string of the molecule is COCc1ccccc1CN[C@@H](C)c1ccccc1Br. The second kappa shape index (κ2) is 7.58. The van der Waals surface area contributed by atoms with Crippen molar-refractivity contribution in [1.82, 2.24) is 5.32 Å². The standard InChI is InChI=1S/C17H20BrNO/c1-13(16-9-5-6-10-17(16)18)19-11-14-7-3-4-8-15(14)12-20-2/h3-10,13,19H,11-12H2,1-2H3/t13-/m0/s1.